The molecule has 31 nitrogen and oxygen atoms in total. The van der Waals surface area contributed by atoms with Gasteiger partial charge < -0.3 is 33.1 Å². The predicted octanol–water partition coefficient (Wildman–Crippen LogP) is 3.97. The minimum absolute atomic E-state index is 0.145. The minimum Gasteiger partial charge on any atom is -0.391 e. The molecule has 0 spiro atoms. The summed E-state index contributed by atoms with van der Waals surface area (Å²) in [5.41, 5.74) is 0. The van der Waals surface area contributed by atoms with E-state index >= 15 is 0 Å². The normalized spacial score (nSPS) is 19.5. The van der Waals surface area contributed by atoms with Crippen LogP contribution in [0.2, 0.25) is 6.04 Å². The topological polar surface area (TPSA) is 434 Å². The lowest BCUT2D eigenvalue weighted by molar-refractivity contribution is -0.929. The third-order valence-corrected chi connectivity index (χ3v) is 27.0. The Bertz CT molecular complexity index is 2630. The molecule has 0 amide bonds. The summed E-state index contributed by atoms with van der Waals surface area (Å²) in [7, 11) is -33.7. The summed E-state index contributed by atoms with van der Waals surface area (Å²) in [6.45, 7) is 10.3. The van der Waals surface area contributed by atoms with E-state index in [1.165, 1.54) is 38.5 Å². The predicted molar refractivity (Wildman–Crippen MR) is 393 cm³/mol. The molecular weight excluding hydrogens is 1460 g/mol. The van der Waals surface area contributed by atoms with E-state index < -0.39 is 141 Å². The Kier molecular flexibility index (Phi) is 45.4. The van der Waals surface area contributed by atoms with Crippen LogP contribution >= 0.6 is 0 Å². The van der Waals surface area contributed by atoms with E-state index in [1.54, 1.807) is 29.4 Å². The first-order valence-electron chi connectivity index (χ1n) is 37.3. The van der Waals surface area contributed by atoms with E-state index in [2.05, 4.69) is 20.8 Å². The second kappa shape index (κ2) is 48.6. The molecule has 602 valence electrons. The molecule has 3 aliphatic heterocycles. The van der Waals surface area contributed by atoms with E-state index in [-0.39, 0.29) is 130 Å². The summed E-state index contributed by atoms with van der Waals surface area (Å²) in [5.74, 6) is -6.05. The third-order valence-electron chi connectivity index (χ3n) is 19.2. The van der Waals surface area contributed by atoms with E-state index in [0.29, 0.717) is 11.0 Å². The molecule has 101 heavy (non-hydrogen) atoms. The highest BCUT2D eigenvalue weighted by Gasteiger charge is 2.51. The van der Waals surface area contributed by atoms with Gasteiger partial charge in [-0.15, -0.1) is 0 Å². The number of piperazine rings is 3. The first-order chi connectivity index (χ1) is 47.3. The first-order valence-corrected chi connectivity index (χ1v) is 48.8. The molecule has 3 heterocycles. The number of nitrogens with zero attached hydrogens (tertiary/aromatic N) is 7. The number of rotatable bonds is 61. The lowest BCUT2D eigenvalue weighted by Crippen LogP contribution is -2.61. The van der Waals surface area contributed by atoms with Crippen molar-refractivity contribution in [1.29, 1.82) is 0 Å². The Hall–Kier alpha value is -0.843. The number of aliphatic hydroxyl groups is 3. The Balaban J connectivity index is 2.35. The fourth-order valence-corrected chi connectivity index (χ4v) is 21.4. The molecule has 0 aliphatic carbocycles. The molecule has 3 rings (SSSR count). The molecule has 0 aromatic heterocycles. The van der Waals surface area contributed by atoms with Crippen molar-refractivity contribution in [2.75, 3.05) is 179 Å². The number of unbranched alkanes of at least 4 members (excludes halogenated alkanes) is 21. The van der Waals surface area contributed by atoms with Gasteiger partial charge in [-0.05, 0) is 38.5 Å². The molecule has 38 heteroatoms. The maximum atomic E-state index is 13.4. The zero-order valence-corrected chi connectivity index (χ0v) is 66.8. The van der Waals surface area contributed by atoms with Gasteiger partial charge in [0.1, 0.15) is 34.5 Å². The van der Waals surface area contributed by atoms with E-state index in [4.69, 9.17) is 13.3 Å². The maximum absolute atomic E-state index is 13.4. The van der Waals surface area contributed by atoms with Crippen LogP contribution < -0.4 is 0 Å². The van der Waals surface area contributed by atoms with Crippen molar-refractivity contribution in [2.45, 2.75) is 224 Å². The second-order valence-electron chi connectivity index (χ2n) is 28.9. The van der Waals surface area contributed by atoms with Crippen molar-refractivity contribution in [3.8, 4) is 0 Å². The van der Waals surface area contributed by atoms with Gasteiger partial charge in [0.05, 0.1) is 62.8 Å². The van der Waals surface area contributed by atoms with Crippen molar-refractivity contribution < 1.29 is 111 Å². The number of hydrogen-bond donors (Lipinski definition) is 9. The van der Waals surface area contributed by atoms with Gasteiger partial charge >= 0.3 is 8.80 Å². The van der Waals surface area contributed by atoms with Crippen LogP contribution in [-0.2, 0) is 74.0 Å². The third kappa shape index (κ3) is 48.3. The summed E-state index contributed by atoms with van der Waals surface area (Å²) in [5, 5.41) is 31.6. The van der Waals surface area contributed by atoms with Crippen LogP contribution in [-0.4, -0.2) is 351 Å². The van der Waals surface area contributed by atoms with Crippen molar-refractivity contribution in [1.82, 2.24) is 29.4 Å². The Morgan fingerprint density at radius 1 is 0.287 bits per heavy atom. The van der Waals surface area contributed by atoms with Crippen LogP contribution in [0.4, 0.5) is 0 Å². The molecule has 3 aliphatic rings. The van der Waals surface area contributed by atoms with Gasteiger partial charge in [-0.3, -0.25) is 56.7 Å². The number of β-amino-alcohol motifs (C(OH)–C–C–N with tert-alkyl or cyclic N) is 3. The van der Waals surface area contributed by atoms with Crippen molar-refractivity contribution in [3.63, 3.8) is 0 Å². The standard InChI is InChI=1S/C63H131N7O24S6Si/c1-4-7-10-13-16-19-22-25-41-70(42-26-23-20-17-14-11-8-5-2,43-27-24-21-18-15-12-9-6-3)44-28-45-101(92-61(55-98(83,84)85)49-67-35-29-64(30-36-67)46-58(71)52-95(74,75)76,93-62(56-99(86,87)88)50-68-37-31-65(32-38-68)47-59(72)53-96(77,78)79)94-63(57-100(89,90)91)51-69-39-33-66(34-40-69)48-60(73)54-97(80,81)82/h58-63,71-73H,4-57H2,1-3H3,(H5-,74,75,76,77,78,79,80,81,82,83,84,85,86,87,88,89,90,91)/p+1. The molecule has 0 bridgehead atoms. The first kappa shape index (κ1) is 94.4. The molecule has 6 unspecified atom stereocenters. The Morgan fingerprint density at radius 3 is 0.683 bits per heavy atom. The highest BCUT2D eigenvalue weighted by molar-refractivity contribution is 7.87. The quantitative estimate of drug-likeness (QED) is 0.0180. The molecular formula is C63H132N7O24S6Si+. The van der Waals surface area contributed by atoms with E-state index in [1.807, 2.05) is 0 Å². The van der Waals surface area contributed by atoms with Crippen molar-refractivity contribution >= 4 is 69.5 Å². The molecule has 0 saturated carbocycles. The van der Waals surface area contributed by atoms with Gasteiger partial charge in [0.2, 0.25) is 0 Å². The zero-order chi connectivity index (χ0) is 75.2. The number of quaternary nitrogens is 1. The lowest BCUT2D eigenvalue weighted by Gasteiger charge is -2.44. The second-order valence-corrected chi connectivity index (χ2v) is 40.5. The number of hydrogen-bond acceptors (Lipinski definition) is 24. The summed E-state index contributed by atoms with van der Waals surface area (Å²) in [4.78, 5) is 10.5. The highest BCUT2D eigenvalue weighted by atomic mass is 32.2. The van der Waals surface area contributed by atoms with Crippen molar-refractivity contribution in [3.05, 3.63) is 0 Å². The summed E-state index contributed by atoms with van der Waals surface area (Å²) in [6.07, 6.45) is 17.2. The zero-order valence-electron chi connectivity index (χ0n) is 60.9. The van der Waals surface area contributed by atoms with Crippen LogP contribution in [0.3, 0.4) is 0 Å². The molecule has 6 atom stereocenters. The van der Waals surface area contributed by atoms with Crippen LogP contribution in [0.15, 0.2) is 0 Å². The molecule has 3 fully saturated rings. The van der Waals surface area contributed by atoms with Crippen LogP contribution in [0, 0.1) is 0 Å². The fourth-order valence-electron chi connectivity index (χ4n) is 14.3. The van der Waals surface area contributed by atoms with Crippen LogP contribution in [0.1, 0.15) is 181 Å². The van der Waals surface area contributed by atoms with Gasteiger partial charge in [0, 0.05) is 130 Å². The van der Waals surface area contributed by atoms with Gasteiger partial charge in [-0.2, -0.15) is 50.5 Å². The fraction of sp³-hybridized carbons (Fsp3) is 1.00. The summed E-state index contributed by atoms with van der Waals surface area (Å²) in [6, 6.07) is -0.219. The molecule has 9 N–H and O–H groups in total. The Morgan fingerprint density at radius 2 is 0.475 bits per heavy atom. The Labute approximate surface area is 608 Å². The molecule has 0 aromatic rings. The molecule has 0 aromatic carbocycles. The number of aliphatic hydroxyl groups excluding tert-OH is 3. The maximum Gasteiger partial charge on any atom is 0.502 e. The molecule has 3 saturated heterocycles. The monoisotopic (exact) mass is 1590 g/mol. The van der Waals surface area contributed by atoms with Crippen molar-refractivity contribution in [2.24, 2.45) is 0 Å². The lowest BCUT2D eigenvalue weighted by atomic mass is 10.0. The van der Waals surface area contributed by atoms with Crippen LogP contribution in [0.5, 0.6) is 0 Å². The van der Waals surface area contributed by atoms with Gasteiger partial charge in [-0.1, -0.05) is 136 Å². The van der Waals surface area contributed by atoms with Gasteiger partial charge in [0.15, 0.2) is 0 Å². The van der Waals surface area contributed by atoms with Gasteiger partial charge in [-0.25, -0.2) is 0 Å². The minimum atomic E-state index is -5.08. The molecule has 0 radical (unpaired) electrons. The summed E-state index contributed by atoms with van der Waals surface area (Å²) < 4.78 is 233. The smallest absolute Gasteiger partial charge is 0.391 e. The average Bonchev–Trinajstić information content (AvgIpc) is 0.800. The van der Waals surface area contributed by atoms with E-state index in [9.17, 15) is 93.1 Å². The van der Waals surface area contributed by atoms with Gasteiger partial charge in [0.25, 0.3) is 60.7 Å². The summed E-state index contributed by atoms with van der Waals surface area (Å²) >= 11 is 0. The van der Waals surface area contributed by atoms with E-state index in [0.717, 1.165) is 135 Å². The van der Waals surface area contributed by atoms with Crippen LogP contribution in [0.25, 0.3) is 0 Å². The highest BCUT2D eigenvalue weighted by Crippen LogP contribution is 2.30. The SMILES string of the molecule is CCCCCCCCCC[N+](CCCCCCCCCC)(CCCCCCCCCC)CCC[Si](OC(CN1CCN(CC(O)CS(=O)(=O)O)CC1)CS(=O)(=O)O)(OC(CN1CCN(CC(O)CS(=O)(=O)O)CC1)CS(=O)(=O)O)OC(CN1CCN(CC(O)CS(=O)(=O)O)CC1)CS(=O)(=O)O. The average molecular weight is 1590 g/mol. The largest absolute Gasteiger partial charge is 0.502 e.